The van der Waals surface area contributed by atoms with Crippen molar-refractivity contribution in [3.05, 3.63) is 51.7 Å². The van der Waals surface area contributed by atoms with Gasteiger partial charge in [0, 0.05) is 18.5 Å². The normalized spacial score (nSPS) is 10.2. The van der Waals surface area contributed by atoms with Crippen molar-refractivity contribution >= 4 is 34.6 Å². The van der Waals surface area contributed by atoms with E-state index in [0.717, 1.165) is 16.8 Å². The Bertz CT molecular complexity index is 757. The van der Waals surface area contributed by atoms with Gasteiger partial charge in [-0.05, 0) is 36.9 Å². The molecule has 3 N–H and O–H groups in total. The summed E-state index contributed by atoms with van der Waals surface area (Å²) in [7, 11) is 0. The van der Waals surface area contributed by atoms with E-state index in [1.54, 1.807) is 12.1 Å². The predicted molar refractivity (Wildman–Crippen MR) is 98.6 cm³/mol. The largest absolute Gasteiger partial charge is 0.376 e. The summed E-state index contributed by atoms with van der Waals surface area (Å²) in [5.74, 6) is -0.837. The molecule has 1 heterocycles. The van der Waals surface area contributed by atoms with Gasteiger partial charge in [-0.25, -0.2) is 0 Å². The fourth-order valence-electron chi connectivity index (χ4n) is 2.22. The highest BCUT2D eigenvalue weighted by molar-refractivity contribution is 7.12. The molecule has 0 bridgehead atoms. The maximum atomic E-state index is 11.8. The molecule has 0 aliphatic heterocycles. The molecule has 0 saturated heterocycles. The van der Waals surface area contributed by atoms with Gasteiger partial charge >= 0.3 is 0 Å². The first-order chi connectivity index (χ1) is 12.0. The maximum absolute atomic E-state index is 11.8. The summed E-state index contributed by atoms with van der Waals surface area (Å²) < 4.78 is 0. The first-order valence-electron chi connectivity index (χ1n) is 7.91. The van der Waals surface area contributed by atoms with Crippen LogP contribution in [0.3, 0.4) is 0 Å². The lowest BCUT2D eigenvalue weighted by molar-refractivity contribution is -0.128. The second-order valence-electron chi connectivity index (χ2n) is 5.67. The fourth-order valence-corrected chi connectivity index (χ4v) is 2.92. The smallest absolute Gasteiger partial charge is 0.257 e. The average Bonchev–Trinajstić information content (AvgIpc) is 3.11. The summed E-state index contributed by atoms with van der Waals surface area (Å²) in [6.07, 6.45) is 0.143. The molecule has 1 aromatic carbocycles. The van der Waals surface area contributed by atoms with Crippen LogP contribution < -0.4 is 16.2 Å². The van der Waals surface area contributed by atoms with Crippen LogP contribution in [0, 0.1) is 13.8 Å². The van der Waals surface area contributed by atoms with E-state index in [4.69, 9.17) is 0 Å². The van der Waals surface area contributed by atoms with Crippen molar-refractivity contribution in [2.45, 2.75) is 26.7 Å². The number of hydrazine groups is 1. The van der Waals surface area contributed by atoms with Gasteiger partial charge in [-0.2, -0.15) is 0 Å². The maximum Gasteiger partial charge on any atom is 0.257 e. The second kappa shape index (κ2) is 8.98. The number of hydrogen-bond acceptors (Lipinski definition) is 5. The Morgan fingerprint density at radius 2 is 1.76 bits per heavy atom. The molecule has 0 atom stereocenters. The number of benzene rings is 1. The molecular weight excluding hydrogens is 338 g/mol. The Kier molecular flexibility index (Phi) is 6.71. The third-order valence-corrected chi connectivity index (χ3v) is 4.45. The summed E-state index contributed by atoms with van der Waals surface area (Å²) in [5.41, 5.74) is 7.71. The number of thiophene rings is 1. The first kappa shape index (κ1) is 18.7. The van der Waals surface area contributed by atoms with E-state index in [2.05, 4.69) is 16.2 Å². The van der Waals surface area contributed by atoms with Crippen LogP contribution >= 0.6 is 11.3 Å². The van der Waals surface area contributed by atoms with Gasteiger partial charge in [0.2, 0.25) is 5.91 Å². The molecule has 0 unspecified atom stereocenters. The molecule has 2 amide bonds. The van der Waals surface area contributed by atoms with Gasteiger partial charge in [-0.15, -0.1) is 11.3 Å². The number of aryl methyl sites for hydroxylation is 2. The molecule has 0 spiro atoms. The molecule has 0 aliphatic rings. The fraction of sp³-hybridized carbons (Fsp3) is 0.278. The number of amides is 2. The summed E-state index contributed by atoms with van der Waals surface area (Å²) in [5, 5.41) is 4.83. The van der Waals surface area contributed by atoms with Crippen LogP contribution in [-0.4, -0.2) is 24.1 Å². The highest BCUT2D eigenvalue weighted by Gasteiger charge is 2.11. The SMILES string of the molecule is Cc1ccc(NCC(=O)NNC(=O)CCC(=O)c2cccs2)c(C)c1. The van der Waals surface area contributed by atoms with Crippen molar-refractivity contribution in [1.29, 1.82) is 0 Å². The minimum atomic E-state index is -0.398. The first-order valence-corrected chi connectivity index (χ1v) is 8.79. The molecule has 7 heteroatoms. The zero-order valence-electron chi connectivity index (χ0n) is 14.2. The van der Waals surface area contributed by atoms with Crippen molar-refractivity contribution < 1.29 is 14.4 Å². The van der Waals surface area contributed by atoms with Gasteiger partial charge in [0.05, 0.1) is 11.4 Å². The van der Waals surface area contributed by atoms with E-state index in [9.17, 15) is 14.4 Å². The highest BCUT2D eigenvalue weighted by atomic mass is 32.1. The predicted octanol–water partition coefficient (Wildman–Crippen LogP) is 2.59. The Morgan fingerprint density at radius 1 is 1.00 bits per heavy atom. The average molecular weight is 359 g/mol. The van der Waals surface area contributed by atoms with E-state index in [1.165, 1.54) is 11.3 Å². The quantitative estimate of drug-likeness (QED) is 0.524. The number of hydrogen-bond donors (Lipinski definition) is 3. The van der Waals surface area contributed by atoms with Crippen LogP contribution in [0.2, 0.25) is 0 Å². The Labute approximate surface area is 150 Å². The summed E-state index contributed by atoms with van der Waals surface area (Å²) >= 11 is 1.35. The summed E-state index contributed by atoms with van der Waals surface area (Å²) in [6.45, 7) is 4.00. The molecule has 1 aromatic heterocycles. The lowest BCUT2D eigenvalue weighted by atomic mass is 10.1. The molecule has 6 nitrogen and oxygen atoms in total. The molecular formula is C18H21N3O3S. The lowest BCUT2D eigenvalue weighted by Crippen LogP contribution is -2.44. The van der Waals surface area contributed by atoms with Crippen LogP contribution in [0.5, 0.6) is 0 Å². The van der Waals surface area contributed by atoms with Crippen LogP contribution in [0.25, 0.3) is 0 Å². The molecule has 0 saturated carbocycles. The zero-order valence-corrected chi connectivity index (χ0v) is 15.0. The van der Waals surface area contributed by atoms with E-state index >= 15 is 0 Å². The van der Waals surface area contributed by atoms with Gasteiger partial charge in [-0.3, -0.25) is 25.2 Å². The molecule has 25 heavy (non-hydrogen) atoms. The van der Waals surface area contributed by atoms with Crippen molar-refractivity contribution in [2.75, 3.05) is 11.9 Å². The monoisotopic (exact) mass is 359 g/mol. The number of rotatable bonds is 7. The topological polar surface area (TPSA) is 87.3 Å². The van der Waals surface area contributed by atoms with Crippen LogP contribution in [0.1, 0.15) is 33.6 Å². The van der Waals surface area contributed by atoms with Gasteiger partial charge < -0.3 is 5.32 Å². The van der Waals surface area contributed by atoms with Crippen molar-refractivity contribution in [3.63, 3.8) is 0 Å². The number of carbonyl (C=O) groups is 3. The molecule has 2 rings (SSSR count). The molecule has 0 aliphatic carbocycles. The third kappa shape index (κ3) is 6.04. The summed E-state index contributed by atoms with van der Waals surface area (Å²) in [6, 6.07) is 9.41. The number of nitrogens with one attached hydrogen (secondary N) is 3. The van der Waals surface area contributed by atoms with E-state index in [1.807, 2.05) is 37.4 Å². The lowest BCUT2D eigenvalue weighted by Gasteiger charge is -2.11. The molecule has 0 radical (unpaired) electrons. The third-order valence-electron chi connectivity index (χ3n) is 3.54. The van der Waals surface area contributed by atoms with Crippen LogP contribution in [0.4, 0.5) is 5.69 Å². The van der Waals surface area contributed by atoms with Gasteiger partial charge in [0.15, 0.2) is 5.78 Å². The van der Waals surface area contributed by atoms with E-state index < -0.39 is 5.91 Å². The Balaban J connectivity index is 1.67. The number of ketones is 1. The highest BCUT2D eigenvalue weighted by Crippen LogP contribution is 2.15. The van der Waals surface area contributed by atoms with Crippen molar-refractivity contribution in [1.82, 2.24) is 10.9 Å². The molecule has 0 fully saturated rings. The van der Waals surface area contributed by atoms with E-state index in [-0.39, 0.29) is 31.1 Å². The number of Topliss-reactive ketones (excluding diaryl/α,β-unsaturated/α-hetero) is 1. The minimum Gasteiger partial charge on any atom is -0.376 e. The van der Waals surface area contributed by atoms with Crippen molar-refractivity contribution in [3.8, 4) is 0 Å². The van der Waals surface area contributed by atoms with Crippen LogP contribution in [-0.2, 0) is 9.59 Å². The summed E-state index contributed by atoms with van der Waals surface area (Å²) in [4.78, 5) is 35.9. The number of anilines is 1. The standard InChI is InChI=1S/C18H21N3O3S/c1-12-5-6-14(13(2)10-12)19-11-18(24)21-20-17(23)8-7-15(22)16-4-3-9-25-16/h3-6,9-10,19H,7-8,11H2,1-2H3,(H,20,23)(H,21,24). The zero-order chi connectivity index (χ0) is 18.2. The Morgan fingerprint density at radius 3 is 2.44 bits per heavy atom. The van der Waals surface area contributed by atoms with Gasteiger partial charge in [-0.1, -0.05) is 23.8 Å². The number of carbonyl (C=O) groups excluding carboxylic acids is 3. The van der Waals surface area contributed by atoms with Crippen molar-refractivity contribution in [2.24, 2.45) is 0 Å². The second-order valence-corrected chi connectivity index (χ2v) is 6.62. The van der Waals surface area contributed by atoms with E-state index in [0.29, 0.717) is 4.88 Å². The molecule has 132 valence electrons. The van der Waals surface area contributed by atoms with Gasteiger partial charge in [0.25, 0.3) is 5.91 Å². The van der Waals surface area contributed by atoms with Gasteiger partial charge in [0.1, 0.15) is 0 Å². The molecule has 2 aromatic rings. The Hall–Kier alpha value is -2.67. The van der Waals surface area contributed by atoms with Crippen LogP contribution in [0.15, 0.2) is 35.7 Å². The minimum absolute atomic E-state index is 0.0293.